The molecule has 0 aliphatic heterocycles. The molecular weight excluding hydrogens is 631 g/mol. The summed E-state index contributed by atoms with van der Waals surface area (Å²) in [7, 11) is 0. The highest BCUT2D eigenvalue weighted by Crippen LogP contribution is 2.46. The lowest BCUT2D eigenvalue weighted by atomic mass is 9.61. The van der Waals surface area contributed by atoms with E-state index in [1.54, 1.807) is 28.7 Å². The van der Waals surface area contributed by atoms with Crippen molar-refractivity contribution in [3.63, 3.8) is 0 Å². The third-order valence-corrected chi connectivity index (χ3v) is 12.6. The van der Waals surface area contributed by atoms with Crippen molar-refractivity contribution in [3.05, 3.63) is 98.6 Å². The molecule has 2 aromatic heterocycles. The lowest BCUT2D eigenvalue weighted by Crippen LogP contribution is -2.52. The first-order valence-electron chi connectivity index (χ1n) is 17.3. The minimum atomic E-state index is -0.109. The summed E-state index contributed by atoms with van der Waals surface area (Å²) in [6.07, 6.45) is 13.0. The molecular formula is C41H43N3O2S2. The summed E-state index contributed by atoms with van der Waals surface area (Å²) in [6.45, 7) is 1.85. The van der Waals surface area contributed by atoms with Crippen LogP contribution in [0.2, 0.25) is 0 Å². The molecule has 246 valence electrons. The number of guanidine groups is 1. The summed E-state index contributed by atoms with van der Waals surface area (Å²) in [5, 5.41) is 16.4. The molecule has 7 rings (SSSR count). The molecule has 2 heterocycles. The van der Waals surface area contributed by atoms with Crippen molar-refractivity contribution in [1.29, 1.82) is 0 Å². The molecule has 4 N–H and O–H groups in total. The van der Waals surface area contributed by atoms with E-state index in [0.717, 1.165) is 50.8 Å². The fraction of sp³-hybridized carbons (Fsp3) is 0.366. The van der Waals surface area contributed by atoms with Crippen molar-refractivity contribution in [2.24, 2.45) is 34.4 Å². The third kappa shape index (κ3) is 7.16. The van der Waals surface area contributed by atoms with Gasteiger partial charge in [-0.25, -0.2) is 0 Å². The monoisotopic (exact) mass is 673 g/mol. The maximum Gasteiger partial charge on any atom is 0.189 e. The second kappa shape index (κ2) is 14.6. The molecule has 7 heteroatoms. The van der Waals surface area contributed by atoms with Gasteiger partial charge in [0.1, 0.15) is 5.75 Å². The van der Waals surface area contributed by atoms with Gasteiger partial charge in [0.05, 0.1) is 15.8 Å². The first-order valence-corrected chi connectivity index (χ1v) is 18.9. The highest BCUT2D eigenvalue weighted by molar-refractivity contribution is 7.23. The first-order chi connectivity index (χ1) is 23.4. The number of nitrogens with one attached hydrogen (secondary N) is 1. The van der Waals surface area contributed by atoms with Crippen LogP contribution >= 0.6 is 22.7 Å². The lowest BCUT2D eigenvalue weighted by molar-refractivity contribution is 0.0768. The molecule has 0 spiro atoms. The Bertz CT molecular complexity index is 1990. The largest absolute Gasteiger partial charge is 0.508 e. The number of benzene rings is 2. The number of hydrogen-bond donors (Lipinski definition) is 3. The Kier molecular flexibility index (Phi) is 9.83. The van der Waals surface area contributed by atoms with Gasteiger partial charge in [-0.2, -0.15) is 0 Å². The zero-order valence-corrected chi connectivity index (χ0v) is 29.0. The molecule has 0 radical (unpaired) electrons. The molecule has 0 unspecified atom stereocenters. The molecule has 2 aromatic carbocycles. The summed E-state index contributed by atoms with van der Waals surface area (Å²) < 4.78 is 0. The van der Waals surface area contributed by atoms with Crippen molar-refractivity contribution >= 4 is 46.6 Å². The van der Waals surface area contributed by atoms with Crippen LogP contribution in [0.4, 0.5) is 0 Å². The number of aliphatic imine (C=N–C) groups is 1. The van der Waals surface area contributed by atoms with Crippen LogP contribution in [0.5, 0.6) is 5.75 Å². The van der Waals surface area contributed by atoms with E-state index in [2.05, 4.69) is 77.8 Å². The summed E-state index contributed by atoms with van der Waals surface area (Å²) in [4.78, 5) is 23.5. The van der Waals surface area contributed by atoms with Gasteiger partial charge in [0.25, 0.3) is 0 Å². The highest BCUT2D eigenvalue weighted by Gasteiger charge is 2.44. The average Bonchev–Trinajstić information content (AvgIpc) is 3.77. The number of fused-ring (bicyclic) bond motifs is 2. The zero-order valence-electron chi connectivity index (χ0n) is 27.4. The Morgan fingerprint density at radius 3 is 2.44 bits per heavy atom. The molecule has 3 aliphatic carbocycles. The normalized spacial score (nSPS) is 23.0. The van der Waals surface area contributed by atoms with Crippen LogP contribution in [-0.2, 0) is 6.42 Å². The van der Waals surface area contributed by atoms with E-state index in [1.807, 2.05) is 25.1 Å². The van der Waals surface area contributed by atoms with Crippen LogP contribution < -0.4 is 21.5 Å². The summed E-state index contributed by atoms with van der Waals surface area (Å²) >= 11 is 3.27. The maximum absolute atomic E-state index is 14.4. The van der Waals surface area contributed by atoms with Gasteiger partial charge in [-0.15, -0.1) is 28.6 Å². The van der Waals surface area contributed by atoms with Gasteiger partial charge in [-0.1, -0.05) is 73.7 Å². The quantitative estimate of drug-likeness (QED) is 0.0805. The predicted molar refractivity (Wildman–Crippen MR) is 200 cm³/mol. The molecule has 2 fully saturated rings. The molecule has 4 aromatic rings. The minimum absolute atomic E-state index is 0.00908. The van der Waals surface area contributed by atoms with E-state index in [-0.39, 0.29) is 47.3 Å². The Balaban J connectivity index is 1.20. The van der Waals surface area contributed by atoms with Crippen molar-refractivity contribution in [1.82, 2.24) is 5.32 Å². The molecule has 48 heavy (non-hydrogen) atoms. The summed E-state index contributed by atoms with van der Waals surface area (Å²) in [5.74, 6) is 7.46. The summed E-state index contributed by atoms with van der Waals surface area (Å²) in [5.41, 5.74) is 7.73. The van der Waals surface area contributed by atoms with E-state index in [0.29, 0.717) is 12.4 Å². The Hall–Kier alpha value is -4.12. The molecule has 0 amide bonds. The van der Waals surface area contributed by atoms with Gasteiger partial charge < -0.3 is 16.2 Å². The summed E-state index contributed by atoms with van der Waals surface area (Å²) in [6, 6.07) is 24.6. The van der Waals surface area contributed by atoms with E-state index < -0.39 is 0 Å². The number of carbonyl (C=O) groups is 1. The van der Waals surface area contributed by atoms with E-state index in [1.165, 1.54) is 29.7 Å². The van der Waals surface area contributed by atoms with Gasteiger partial charge in [0, 0.05) is 21.7 Å². The molecule has 5 nitrogen and oxygen atoms in total. The van der Waals surface area contributed by atoms with Crippen LogP contribution in [0.1, 0.15) is 72.0 Å². The second-order valence-electron chi connectivity index (χ2n) is 13.5. The predicted octanol–water partition coefficient (Wildman–Crippen LogP) is 7.12. The van der Waals surface area contributed by atoms with Crippen molar-refractivity contribution in [3.8, 4) is 27.3 Å². The van der Waals surface area contributed by atoms with Crippen molar-refractivity contribution < 1.29 is 9.90 Å². The Labute approximate surface area is 291 Å². The molecule has 3 aliphatic rings. The van der Waals surface area contributed by atoms with Gasteiger partial charge in [-0.05, 0) is 109 Å². The van der Waals surface area contributed by atoms with Crippen LogP contribution in [0.15, 0.2) is 77.8 Å². The van der Waals surface area contributed by atoms with Gasteiger partial charge >= 0.3 is 0 Å². The minimum Gasteiger partial charge on any atom is -0.508 e. The fourth-order valence-electron chi connectivity index (χ4n) is 8.10. The SMILES string of the molecule is CC#Cc1ccc(-c2ccc(C(=O)[C@H]3CC[C@@H]([C@H](Cc4cccc(O)c4)NC(N)=NC4CCCCC4)[C@H]4C=c5ccccc5=C[C@H]43)s2)s1. The number of hydrogen-bond acceptors (Lipinski definition) is 5. The van der Waals surface area contributed by atoms with Crippen LogP contribution in [0, 0.1) is 35.5 Å². The number of phenolic OH excluding ortho intramolecular Hbond substituents is 1. The number of phenols is 1. The maximum atomic E-state index is 14.4. The molecule has 0 saturated heterocycles. The number of carbonyl (C=O) groups excluding carboxylic acids is 1. The van der Waals surface area contributed by atoms with Gasteiger partial charge in [0.15, 0.2) is 11.7 Å². The zero-order chi connectivity index (χ0) is 33.0. The molecule has 5 atom stereocenters. The van der Waals surface area contributed by atoms with Crippen LogP contribution in [0.3, 0.4) is 0 Å². The lowest BCUT2D eigenvalue weighted by Gasteiger charge is -2.45. The van der Waals surface area contributed by atoms with Crippen LogP contribution in [-0.4, -0.2) is 28.9 Å². The fourth-order valence-corrected chi connectivity index (χ4v) is 10.1. The Morgan fingerprint density at radius 2 is 1.67 bits per heavy atom. The van der Waals surface area contributed by atoms with Gasteiger partial charge in [-0.3, -0.25) is 9.79 Å². The number of Topliss-reactive ketones (excluding diaryl/α,β-unsaturated/α-hetero) is 1. The van der Waals surface area contributed by atoms with E-state index in [9.17, 15) is 9.90 Å². The number of aromatic hydroxyl groups is 1. The number of thiophene rings is 2. The molecule has 0 bridgehead atoms. The van der Waals surface area contributed by atoms with Crippen molar-refractivity contribution in [2.75, 3.05) is 0 Å². The second-order valence-corrected chi connectivity index (χ2v) is 15.6. The number of nitrogens with zero attached hydrogens (tertiary/aromatic N) is 1. The number of nitrogens with two attached hydrogens (primary N) is 1. The standard InChI is InChI=1S/C41H43N3O2S2/c1-2-9-31-16-19-37(47-31)38-20-21-39(48-38)40(46)33-18-17-32(34-24-27-11-6-7-12-28(27)25-35(33)34)36(23-26-10-8-15-30(45)22-26)44-41(42)43-29-13-4-3-5-14-29/h6-8,10-12,15-16,19-22,24-25,29,32-36,45H,3-5,13-14,17-18,23H2,1H3,(H3,42,43,44)/t32-,33+,34-,35+,36+/m1/s1. The number of rotatable bonds is 8. The number of ketones is 1. The molecule has 2 saturated carbocycles. The van der Waals surface area contributed by atoms with Crippen LogP contribution in [0.25, 0.3) is 21.9 Å². The van der Waals surface area contributed by atoms with E-state index in [4.69, 9.17) is 10.7 Å². The Morgan fingerprint density at radius 1 is 0.917 bits per heavy atom. The van der Waals surface area contributed by atoms with Crippen molar-refractivity contribution in [2.45, 2.75) is 70.4 Å². The average molecular weight is 674 g/mol. The smallest absolute Gasteiger partial charge is 0.189 e. The topological polar surface area (TPSA) is 87.7 Å². The third-order valence-electron chi connectivity index (χ3n) is 10.3. The van der Waals surface area contributed by atoms with Gasteiger partial charge in [0.2, 0.25) is 0 Å². The van der Waals surface area contributed by atoms with E-state index >= 15 is 0 Å². The first kappa shape index (κ1) is 32.4. The highest BCUT2D eigenvalue weighted by atomic mass is 32.1.